The SMILES string of the molecule is C[C@H](NC(=O)C(Cc1ccccc1)c1ccccc1)C(=O)N[C@H]1N=C(c2ccccc2)c2ccccc2N(C)C1=O. The molecule has 7 nitrogen and oxygen atoms in total. The van der Waals surface area contributed by atoms with Crippen LogP contribution in [0.25, 0.3) is 0 Å². The molecule has 1 unspecified atom stereocenters. The number of rotatable bonds is 8. The second-order valence-electron chi connectivity index (χ2n) is 10.1. The van der Waals surface area contributed by atoms with Gasteiger partial charge in [-0.1, -0.05) is 109 Å². The van der Waals surface area contributed by atoms with Crippen molar-refractivity contribution in [3.63, 3.8) is 0 Å². The Bertz CT molecular complexity index is 1550. The van der Waals surface area contributed by atoms with Gasteiger partial charge in [-0.2, -0.15) is 0 Å². The van der Waals surface area contributed by atoms with Gasteiger partial charge in [0.15, 0.2) is 0 Å². The fourth-order valence-corrected chi connectivity index (χ4v) is 4.98. The number of benzodiazepines with no additional fused rings is 1. The molecule has 206 valence electrons. The van der Waals surface area contributed by atoms with Crippen molar-refractivity contribution < 1.29 is 14.4 Å². The van der Waals surface area contributed by atoms with Gasteiger partial charge in [0, 0.05) is 18.2 Å². The Morgan fingerprint density at radius 3 is 2.07 bits per heavy atom. The number of amides is 3. The second-order valence-corrected chi connectivity index (χ2v) is 10.1. The first kappa shape index (κ1) is 27.5. The van der Waals surface area contributed by atoms with E-state index in [1.807, 2.05) is 115 Å². The number of fused-ring (bicyclic) bond motifs is 1. The first-order valence-corrected chi connectivity index (χ1v) is 13.6. The number of likely N-dealkylation sites (N-methyl/N-ethyl adjacent to an activating group) is 1. The minimum absolute atomic E-state index is 0.270. The average Bonchev–Trinajstić information content (AvgIpc) is 3.11. The Balaban J connectivity index is 1.37. The number of nitrogens with one attached hydrogen (secondary N) is 2. The van der Waals surface area contributed by atoms with Crippen molar-refractivity contribution in [3.05, 3.63) is 138 Å². The summed E-state index contributed by atoms with van der Waals surface area (Å²) in [6.07, 6.45) is -0.677. The van der Waals surface area contributed by atoms with Crippen LogP contribution in [0.2, 0.25) is 0 Å². The minimum atomic E-state index is -1.16. The molecule has 0 bridgehead atoms. The van der Waals surface area contributed by atoms with E-state index >= 15 is 0 Å². The van der Waals surface area contributed by atoms with Crippen LogP contribution < -0.4 is 15.5 Å². The number of anilines is 1. The Morgan fingerprint density at radius 2 is 1.39 bits per heavy atom. The van der Waals surface area contributed by atoms with Crippen LogP contribution >= 0.6 is 0 Å². The van der Waals surface area contributed by atoms with Gasteiger partial charge in [-0.05, 0) is 30.5 Å². The van der Waals surface area contributed by atoms with Crippen LogP contribution in [0.1, 0.15) is 35.1 Å². The van der Waals surface area contributed by atoms with Crippen molar-refractivity contribution in [1.29, 1.82) is 0 Å². The highest BCUT2D eigenvalue weighted by atomic mass is 16.2. The molecular formula is C34H32N4O3. The molecule has 3 atom stereocenters. The van der Waals surface area contributed by atoms with E-state index in [4.69, 9.17) is 4.99 Å². The van der Waals surface area contributed by atoms with E-state index in [0.29, 0.717) is 17.8 Å². The van der Waals surface area contributed by atoms with Gasteiger partial charge < -0.3 is 15.5 Å². The first-order chi connectivity index (χ1) is 19.9. The topological polar surface area (TPSA) is 90.9 Å². The van der Waals surface area contributed by atoms with E-state index in [-0.39, 0.29) is 11.8 Å². The maximum absolute atomic E-state index is 13.5. The predicted octanol–water partition coefficient (Wildman–Crippen LogP) is 4.47. The molecule has 0 aromatic heterocycles. The molecule has 4 aromatic carbocycles. The van der Waals surface area contributed by atoms with Crippen LogP contribution in [-0.4, -0.2) is 42.7 Å². The van der Waals surface area contributed by atoms with Gasteiger partial charge in [0.2, 0.25) is 18.0 Å². The number of aliphatic imine (C=N–C) groups is 1. The molecule has 0 saturated carbocycles. The first-order valence-electron chi connectivity index (χ1n) is 13.6. The van der Waals surface area contributed by atoms with Gasteiger partial charge in [0.05, 0.1) is 17.3 Å². The number of para-hydroxylation sites is 1. The highest BCUT2D eigenvalue weighted by Gasteiger charge is 2.32. The van der Waals surface area contributed by atoms with Crippen molar-refractivity contribution >= 4 is 29.1 Å². The van der Waals surface area contributed by atoms with E-state index in [0.717, 1.165) is 22.3 Å². The summed E-state index contributed by atoms with van der Waals surface area (Å²) in [5.41, 5.74) is 4.80. The molecule has 5 rings (SSSR count). The van der Waals surface area contributed by atoms with Crippen molar-refractivity contribution in [3.8, 4) is 0 Å². The summed E-state index contributed by atoms with van der Waals surface area (Å²) in [6.45, 7) is 1.61. The zero-order valence-corrected chi connectivity index (χ0v) is 23.0. The molecule has 41 heavy (non-hydrogen) atoms. The van der Waals surface area contributed by atoms with E-state index in [2.05, 4.69) is 10.6 Å². The Kier molecular flexibility index (Phi) is 8.34. The number of hydrogen-bond donors (Lipinski definition) is 2. The molecule has 3 amide bonds. The smallest absolute Gasteiger partial charge is 0.272 e. The lowest BCUT2D eigenvalue weighted by Gasteiger charge is -2.23. The quantitative estimate of drug-likeness (QED) is 0.343. The molecule has 2 N–H and O–H groups in total. The fraction of sp³-hybridized carbons (Fsp3) is 0.176. The minimum Gasteiger partial charge on any atom is -0.344 e. The van der Waals surface area contributed by atoms with Crippen molar-refractivity contribution in [2.24, 2.45) is 4.99 Å². The molecule has 0 spiro atoms. The number of benzene rings is 4. The lowest BCUT2D eigenvalue weighted by Crippen LogP contribution is -2.52. The van der Waals surface area contributed by atoms with Gasteiger partial charge in [-0.15, -0.1) is 0 Å². The fourth-order valence-electron chi connectivity index (χ4n) is 4.98. The van der Waals surface area contributed by atoms with Crippen LogP contribution in [0.3, 0.4) is 0 Å². The van der Waals surface area contributed by atoms with E-state index in [9.17, 15) is 14.4 Å². The van der Waals surface area contributed by atoms with Crippen LogP contribution in [0.4, 0.5) is 5.69 Å². The molecule has 0 aliphatic carbocycles. The third kappa shape index (κ3) is 6.25. The third-order valence-corrected chi connectivity index (χ3v) is 7.22. The van der Waals surface area contributed by atoms with Gasteiger partial charge in [0.25, 0.3) is 5.91 Å². The third-order valence-electron chi connectivity index (χ3n) is 7.22. The maximum atomic E-state index is 13.5. The molecule has 7 heteroatoms. The zero-order valence-electron chi connectivity index (χ0n) is 23.0. The summed E-state index contributed by atoms with van der Waals surface area (Å²) in [5.74, 6) is -1.63. The van der Waals surface area contributed by atoms with Gasteiger partial charge in [0.1, 0.15) is 6.04 Å². The van der Waals surface area contributed by atoms with Crippen LogP contribution in [0.15, 0.2) is 120 Å². The van der Waals surface area contributed by atoms with Crippen molar-refractivity contribution in [1.82, 2.24) is 10.6 Å². The van der Waals surface area contributed by atoms with Crippen molar-refractivity contribution in [2.75, 3.05) is 11.9 Å². The number of carbonyl (C=O) groups excluding carboxylic acids is 3. The summed E-state index contributed by atoms with van der Waals surface area (Å²) in [5, 5.41) is 5.64. The molecule has 4 aromatic rings. The van der Waals surface area contributed by atoms with E-state index in [1.54, 1.807) is 14.0 Å². The standard InChI is InChI=1S/C34H32N4O3/c1-23(35-33(40)28(25-16-8-4-9-17-25)22-24-14-6-3-7-15-24)32(39)37-31-34(41)38(2)29-21-13-12-20-27(29)30(36-31)26-18-10-5-11-19-26/h3-21,23,28,31H,22H2,1-2H3,(H,35,40)(H,37,39)/t23-,28?,31+/m0/s1. The molecule has 0 saturated heterocycles. The Hall–Kier alpha value is -5.04. The van der Waals surface area contributed by atoms with Gasteiger partial charge >= 0.3 is 0 Å². The zero-order chi connectivity index (χ0) is 28.8. The Labute approximate surface area is 239 Å². The van der Waals surface area contributed by atoms with Gasteiger partial charge in [-0.25, -0.2) is 4.99 Å². The second kappa shape index (κ2) is 12.4. The van der Waals surface area contributed by atoms with E-state index in [1.165, 1.54) is 4.90 Å². The molecular weight excluding hydrogens is 512 g/mol. The van der Waals surface area contributed by atoms with E-state index < -0.39 is 24.0 Å². The normalized spacial score (nSPS) is 16.0. The van der Waals surface area contributed by atoms with Gasteiger partial charge in [-0.3, -0.25) is 14.4 Å². The highest BCUT2D eigenvalue weighted by molar-refractivity contribution is 6.20. The number of hydrogen-bond acceptors (Lipinski definition) is 4. The molecule has 0 fully saturated rings. The summed E-state index contributed by atoms with van der Waals surface area (Å²) >= 11 is 0. The Morgan fingerprint density at radius 1 is 0.805 bits per heavy atom. The lowest BCUT2D eigenvalue weighted by atomic mass is 9.91. The highest BCUT2D eigenvalue weighted by Crippen LogP contribution is 2.27. The summed E-state index contributed by atoms with van der Waals surface area (Å²) in [7, 11) is 1.67. The monoisotopic (exact) mass is 544 g/mol. The number of carbonyl (C=O) groups is 3. The van der Waals surface area contributed by atoms with Crippen LogP contribution in [0.5, 0.6) is 0 Å². The predicted molar refractivity (Wildman–Crippen MR) is 161 cm³/mol. The summed E-state index contributed by atoms with van der Waals surface area (Å²) < 4.78 is 0. The largest absolute Gasteiger partial charge is 0.344 e. The number of nitrogens with zero attached hydrogens (tertiary/aromatic N) is 2. The lowest BCUT2D eigenvalue weighted by molar-refractivity contribution is -0.131. The maximum Gasteiger partial charge on any atom is 0.272 e. The summed E-state index contributed by atoms with van der Waals surface area (Å²) in [6, 6.07) is 35.5. The summed E-state index contributed by atoms with van der Waals surface area (Å²) in [4.78, 5) is 46.6. The average molecular weight is 545 g/mol. The van der Waals surface area contributed by atoms with Crippen LogP contribution in [-0.2, 0) is 20.8 Å². The molecule has 0 radical (unpaired) electrons. The molecule has 1 heterocycles. The van der Waals surface area contributed by atoms with Crippen molar-refractivity contribution in [2.45, 2.75) is 31.5 Å². The molecule has 1 aliphatic heterocycles. The molecule has 1 aliphatic rings. The van der Waals surface area contributed by atoms with Crippen LogP contribution in [0, 0.1) is 0 Å².